The first kappa shape index (κ1) is 10.8. The molecule has 3 aliphatic carbocycles. The fourth-order valence-electron chi connectivity index (χ4n) is 4.79. The van der Waals surface area contributed by atoms with Crippen molar-refractivity contribution in [3.63, 3.8) is 0 Å². The van der Waals surface area contributed by atoms with E-state index < -0.39 is 0 Å². The maximum Gasteiger partial charge on any atom is 0.0440 e. The minimum absolute atomic E-state index is 0.741. The number of fused-ring (bicyclic) bond motifs is 5. The highest BCUT2D eigenvalue weighted by molar-refractivity contribution is 5.23. The molecule has 2 saturated carbocycles. The van der Waals surface area contributed by atoms with Crippen LogP contribution in [0.2, 0.25) is 0 Å². The van der Waals surface area contributed by atoms with E-state index in [4.69, 9.17) is 4.98 Å². The lowest BCUT2D eigenvalue weighted by molar-refractivity contribution is 0.254. The maximum atomic E-state index is 4.88. The average Bonchev–Trinajstić information content (AvgIpc) is 3.10. The lowest BCUT2D eigenvalue weighted by atomic mass is 9.74. The summed E-state index contributed by atoms with van der Waals surface area (Å²) >= 11 is 0. The van der Waals surface area contributed by atoms with Gasteiger partial charge in [0.05, 0.1) is 0 Å². The van der Waals surface area contributed by atoms with E-state index in [0.717, 1.165) is 36.0 Å². The highest BCUT2D eigenvalue weighted by Gasteiger charge is 2.52. The molecule has 94 valence electrons. The van der Waals surface area contributed by atoms with Gasteiger partial charge in [-0.15, -0.1) is 0 Å². The molecule has 0 amide bonds. The third kappa shape index (κ3) is 1.43. The second-order valence-electron chi connectivity index (χ2n) is 6.31. The fourth-order valence-corrected chi connectivity index (χ4v) is 4.79. The van der Waals surface area contributed by atoms with Crippen molar-refractivity contribution in [3.8, 4) is 0 Å². The molecular formula is C17H21N. The third-order valence-electron chi connectivity index (χ3n) is 5.58. The van der Waals surface area contributed by atoms with Crippen LogP contribution in [0.25, 0.3) is 0 Å². The minimum Gasteiger partial charge on any atom is -0.258 e. The monoisotopic (exact) mass is 239 g/mol. The smallest absolute Gasteiger partial charge is 0.0440 e. The molecule has 1 heterocycles. The van der Waals surface area contributed by atoms with Gasteiger partial charge in [-0.1, -0.05) is 25.1 Å². The van der Waals surface area contributed by atoms with Crippen LogP contribution >= 0.6 is 0 Å². The molecule has 0 radical (unpaired) electrons. The molecule has 1 aromatic heterocycles. The van der Waals surface area contributed by atoms with E-state index in [1.165, 1.54) is 30.7 Å². The van der Waals surface area contributed by atoms with Crippen molar-refractivity contribution in [1.29, 1.82) is 0 Å². The van der Waals surface area contributed by atoms with Crippen LogP contribution in [0.4, 0.5) is 0 Å². The van der Waals surface area contributed by atoms with Gasteiger partial charge < -0.3 is 0 Å². The van der Waals surface area contributed by atoms with E-state index in [0.29, 0.717) is 0 Å². The van der Waals surface area contributed by atoms with Gasteiger partial charge in [0.15, 0.2) is 0 Å². The van der Waals surface area contributed by atoms with Crippen LogP contribution in [0.3, 0.4) is 0 Å². The van der Waals surface area contributed by atoms with Gasteiger partial charge in [0.25, 0.3) is 0 Å². The second kappa shape index (κ2) is 3.94. The maximum absolute atomic E-state index is 4.88. The van der Waals surface area contributed by atoms with Gasteiger partial charge in [-0.3, -0.25) is 4.98 Å². The predicted octanol–water partition coefficient (Wildman–Crippen LogP) is 3.96. The Hall–Kier alpha value is -1.11. The lowest BCUT2D eigenvalue weighted by Gasteiger charge is -2.31. The Morgan fingerprint density at radius 1 is 1.22 bits per heavy atom. The number of aryl methyl sites for hydroxylation is 1. The number of allylic oxidation sites excluding steroid dienone is 2. The van der Waals surface area contributed by atoms with Crippen LogP contribution < -0.4 is 0 Å². The van der Waals surface area contributed by atoms with E-state index in [1.807, 2.05) is 0 Å². The van der Waals surface area contributed by atoms with Crippen LogP contribution in [0.1, 0.15) is 43.5 Å². The Bertz CT molecular complexity index is 490. The quantitative estimate of drug-likeness (QED) is 0.712. The van der Waals surface area contributed by atoms with Crippen molar-refractivity contribution in [3.05, 3.63) is 41.7 Å². The van der Waals surface area contributed by atoms with Crippen molar-refractivity contribution < 1.29 is 0 Å². The summed E-state index contributed by atoms with van der Waals surface area (Å²) in [6.07, 6.45) is 10.2. The van der Waals surface area contributed by atoms with Crippen LogP contribution in [0.15, 0.2) is 30.4 Å². The van der Waals surface area contributed by atoms with Crippen LogP contribution in [-0.4, -0.2) is 4.98 Å². The first-order valence-corrected chi connectivity index (χ1v) is 7.49. The second-order valence-corrected chi connectivity index (χ2v) is 6.31. The molecular weight excluding hydrogens is 218 g/mol. The van der Waals surface area contributed by atoms with Crippen molar-refractivity contribution in [2.45, 2.75) is 38.5 Å². The number of pyridine rings is 1. The molecule has 1 heteroatoms. The zero-order chi connectivity index (χ0) is 12.1. The van der Waals surface area contributed by atoms with Gasteiger partial charge in [0.1, 0.15) is 0 Å². The summed E-state index contributed by atoms with van der Waals surface area (Å²) in [5.74, 6) is 4.47. The molecule has 3 aliphatic rings. The molecule has 0 saturated heterocycles. The Balaban J connectivity index is 1.65. The summed E-state index contributed by atoms with van der Waals surface area (Å²) in [5, 5.41) is 0. The molecule has 0 aromatic carbocycles. The Morgan fingerprint density at radius 2 is 2.17 bits per heavy atom. The third-order valence-corrected chi connectivity index (χ3v) is 5.58. The Labute approximate surface area is 109 Å². The van der Waals surface area contributed by atoms with Crippen molar-refractivity contribution in [2.24, 2.45) is 23.7 Å². The lowest BCUT2D eigenvalue weighted by Crippen LogP contribution is -2.23. The van der Waals surface area contributed by atoms with E-state index in [1.54, 1.807) is 0 Å². The molecule has 4 rings (SSSR count). The Kier molecular flexibility index (Phi) is 2.36. The molecule has 2 bridgehead atoms. The fraction of sp³-hybridized carbons (Fsp3) is 0.588. The van der Waals surface area contributed by atoms with Crippen molar-refractivity contribution in [2.75, 3.05) is 0 Å². The summed E-state index contributed by atoms with van der Waals surface area (Å²) in [6.45, 7) is 2.20. The molecule has 5 unspecified atom stereocenters. The van der Waals surface area contributed by atoms with Gasteiger partial charge in [0, 0.05) is 17.3 Å². The molecule has 18 heavy (non-hydrogen) atoms. The van der Waals surface area contributed by atoms with E-state index in [-0.39, 0.29) is 0 Å². The topological polar surface area (TPSA) is 12.9 Å². The highest BCUT2D eigenvalue weighted by Crippen LogP contribution is 2.61. The normalized spacial score (nSPS) is 40.4. The zero-order valence-corrected chi connectivity index (χ0v) is 11.0. The van der Waals surface area contributed by atoms with Crippen LogP contribution in [0.5, 0.6) is 0 Å². The van der Waals surface area contributed by atoms with Gasteiger partial charge in [-0.25, -0.2) is 0 Å². The summed E-state index contributed by atoms with van der Waals surface area (Å²) in [7, 11) is 0. The minimum atomic E-state index is 0.741. The molecule has 0 aliphatic heterocycles. The van der Waals surface area contributed by atoms with Crippen LogP contribution in [-0.2, 0) is 6.42 Å². The molecule has 5 atom stereocenters. The molecule has 0 N–H and O–H groups in total. The SMILES string of the molecule is CCc1cccc(C2CC3CC2C2C=CCC32)n1. The summed E-state index contributed by atoms with van der Waals surface area (Å²) in [4.78, 5) is 4.88. The van der Waals surface area contributed by atoms with Gasteiger partial charge >= 0.3 is 0 Å². The van der Waals surface area contributed by atoms with E-state index >= 15 is 0 Å². The average molecular weight is 239 g/mol. The zero-order valence-electron chi connectivity index (χ0n) is 11.0. The molecule has 1 aromatic rings. The van der Waals surface area contributed by atoms with E-state index in [2.05, 4.69) is 37.3 Å². The van der Waals surface area contributed by atoms with Crippen molar-refractivity contribution in [1.82, 2.24) is 4.98 Å². The van der Waals surface area contributed by atoms with Crippen LogP contribution in [0, 0.1) is 23.7 Å². The van der Waals surface area contributed by atoms with Crippen molar-refractivity contribution >= 4 is 0 Å². The molecule has 0 spiro atoms. The standard InChI is InChI=1S/C17H21N/c1-2-12-5-3-8-17(18-12)16-10-11-9-15(16)14-7-4-6-13(11)14/h3-5,7-8,11,13-16H,2,6,9-10H2,1H3. The predicted molar refractivity (Wildman–Crippen MR) is 73.3 cm³/mol. The largest absolute Gasteiger partial charge is 0.258 e. The first-order chi connectivity index (χ1) is 8.86. The molecule has 1 nitrogen and oxygen atoms in total. The van der Waals surface area contributed by atoms with E-state index in [9.17, 15) is 0 Å². The number of hydrogen-bond donors (Lipinski definition) is 0. The number of rotatable bonds is 2. The van der Waals surface area contributed by atoms with Gasteiger partial charge in [0.2, 0.25) is 0 Å². The van der Waals surface area contributed by atoms with Gasteiger partial charge in [-0.05, 0) is 61.5 Å². The van der Waals surface area contributed by atoms with Gasteiger partial charge in [-0.2, -0.15) is 0 Å². The number of aromatic nitrogens is 1. The first-order valence-electron chi connectivity index (χ1n) is 7.49. The summed E-state index contributed by atoms with van der Waals surface area (Å²) in [5.41, 5.74) is 2.63. The Morgan fingerprint density at radius 3 is 3.06 bits per heavy atom. The summed E-state index contributed by atoms with van der Waals surface area (Å²) < 4.78 is 0. The molecule has 2 fully saturated rings. The number of nitrogens with zero attached hydrogens (tertiary/aromatic N) is 1. The summed E-state index contributed by atoms with van der Waals surface area (Å²) in [6, 6.07) is 6.63. The highest BCUT2D eigenvalue weighted by atomic mass is 14.7. The number of hydrogen-bond acceptors (Lipinski definition) is 1.